The Morgan fingerprint density at radius 3 is 2.50 bits per heavy atom. The smallest absolute Gasteiger partial charge is 0.120 e. The van der Waals surface area contributed by atoms with E-state index in [9.17, 15) is 5.26 Å². The van der Waals surface area contributed by atoms with Gasteiger partial charge in [0.05, 0.1) is 18.6 Å². The van der Waals surface area contributed by atoms with Crippen LogP contribution in [0.3, 0.4) is 0 Å². The number of hydrogen-bond acceptors (Lipinski definition) is 3. The average molecular weight is 273 g/mol. The number of rotatable bonds is 5. The normalized spacial score (nSPS) is 22.6. The molecule has 1 aliphatic rings. The molecule has 2 rings (SSSR count). The van der Waals surface area contributed by atoms with E-state index in [0.29, 0.717) is 0 Å². The maximum Gasteiger partial charge on any atom is 0.120 e. The number of ether oxygens (including phenoxy) is 2. The van der Waals surface area contributed by atoms with Gasteiger partial charge in [0.2, 0.25) is 0 Å². The highest BCUT2D eigenvalue weighted by Crippen LogP contribution is 2.28. The van der Waals surface area contributed by atoms with E-state index in [1.165, 1.54) is 6.42 Å². The minimum Gasteiger partial charge on any atom is -0.494 e. The third kappa shape index (κ3) is 4.16. The molecule has 1 aliphatic carbocycles. The Bertz CT molecular complexity index is 435. The Kier molecular flexibility index (Phi) is 5.73. The van der Waals surface area contributed by atoms with Crippen LogP contribution in [0.4, 0.5) is 0 Å². The van der Waals surface area contributed by atoms with Gasteiger partial charge in [0.25, 0.3) is 0 Å². The van der Waals surface area contributed by atoms with Gasteiger partial charge in [-0.3, -0.25) is 0 Å². The van der Waals surface area contributed by atoms with Gasteiger partial charge in [0, 0.05) is 0 Å². The molecule has 0 N–H and O–H groups in total. The molecule has 3 heteroatoms. The standard InChI is InChI=1S/C17H23NO2/c1-2-12-19-15-8-10-16(11-9-15)20-17-7-5-3-4-6-14(17)13-18/h8-11,14,17H,2-7,12H2,1H3. The van der Waals surface area contributed by atoms with E-state index >= 15 is 0 Å². The second-order valence-corrected chi connectivity index (χ2v) is 5.35. The first-order valence-electron chi connectivity index (χ1n) is 7.62. The molecule has 1 aromatic rings. The first kappa shape index (κ1) is 14.7. The van der Waals surface area contributed by atoms with Crippen molar-refractivity contribution in [3.63, 3.8) is 0 Å². The van der Waals surface area contributed by atoms with Gasteiger partial charge in [-0.15, -0.1) is 0 Å². The molecule has 1 aromatic carbocycles. The van der Waals surface area contributed by atoms with Gasteiger partial charge < -0.3 is 9.47 Å². The first-order valence-corrected chi connectivity index (χ1v) is 7.62. The summed E-state index contributed by atoms with van der Waals surface area (Å²) in [4.78, 5) is 0. The fraction of sp³-hybridized carbons (Fsp3) is 0.588. The first-order chi connectivity index (χ1) is 9.83. The van der Waals surface area contributed by atoms with Gasteiger partial charge >= 0.3 is 0 Å². The predicted molar refractivity (Wildman–Crippen MR) is 78.8 cm³/mol. The van der Waals surface area contributed by atoms with Crippen molar-refractivity contribution >= 4 is 0 Å². The molecule has 0 saturated heterocycles. The van der Waals surface area contributed by atoms with Crippen LogP contribution < -0.4 is 9.47 Å². The van der Waals surface area contributed by atoms with E-state index in [2.05, 4.69) is 13.0 Å². The molecule has 2 atom stereocenters. The summed E-state index contributed by atoms with van der Waals surface area (Å²) in [7, 11) is 0. The highest BCUT2D eigenvalue weighted by Gasteiger charge is 2.25. The van der Waals surface area contributed by atoms with Crippen LogP contribution in [-0.2, 0) is 0 Å². The molecule has 3 nitrogen and oxygen atoms in total. The highest BCUT2D eigenvalue weighted by molar-refractivity contribution is 5.31. The third-order valence-corrected chi connectivity index (χ3v) is 3.70. The van der Waals surface area contributed by atoms with Crippen molar-refractivity contribution in [3.8, 4) is 17.6 Å². The Morgan fingerprint density at radius 1 is 1.10 bits per heavy atom. The van der Waals surface area contributed by atoms with Crippen molar-refractivity contribution in [1.29, 1.82) is 5.26 Å². The van der Waals surface area contributed by atoms with Gasteiger partial charge in [-0.1, -0.05) is 19.8 Å². The van der Waals surface area contributed by atoms with Gasteiger partial charge in [0.1, 0.15) is 17.6 Å². The van der Waals surface area contributed by atoms with Crippen LogP contribution in [0, 0.1) is 17.2 Å². The van der Waals surface area contributed by atoms with E-state index < -0.39 is 0 Å². The van der Waals surface area contributed by atoms with Gasteiger partial charge in [-0.05, 0) is 49.9 Å². The van der Waals surface area contributed by atoms with Crippen LogP contribution in [-0.4, -0.2) is 12.7 Å². The quantitative estimate of drug-likeness (QED) is 0.750. The summed E-state index contributed by atoms with van der Waals surface area (Å²) in [5.74, 6) is 1.73. The predicted octanol–water partition coefficient (Wildman–Crippen LogP) is 4.33. The second kappa shape index (κ2) is 7.79. The number of nitrogens with zero attached hydrogens (tertiary/aromatic N) is 1. The summed E-state index contributed by atoms with van der Waals surface area (Å²) in [6, 6.07) is 10.1. The van der Waals surface area contributed by atoms with Crippen molar-refractivity contribution in [3.05, 3.63) is 24.3 Å². The van der Waals surface area contributed by atoms with Crippen LogP contribution in [0.5, 0.6) is 11.5 Å². The molecule has 20 heavy (non-hydrogen) atoms. The Morgan fingerprint density at radius 2 is 1.80 bits per heavy atom. The summed E-state index contributed by atoms with van der Waals surface area (Å²) >= 11 is 0. The lowest BCUT2D eigenvalue weighted by Gasteiger charge is -2.21. The van der Waals surface area contributed by atoms with Crippen molar-refractivity contribution in [2.45, 2.75) is 51.6 Å². The van der Waals surface area contributed by atoms with Crippen LogP contribution in [0.15, 0.2) is 24.3 Å². The Hall–Kier alpha value is -1.69. The summed E-state index contributed by atoms with van der Waals surface area (Å²) in [6.45, 7) is 2.82. The van der Waals surface area contributed by atoms with Crippen molar-refractivity contribution in [2.24, 2.45) is 5.92 Å². The van der Waals surface area contributed by atoms with Crippen LogP contribution in [0.25, 0.3) is 0 Å². The molecule has 2 unspecified atom stereocenters. The molecule has 0 radical (unpaired) electrons. The molecule has 1 saturated carbocycles. The average Bonchev–Trinajstić information content (AvgIpc) is 2.71. The van der Waals surface area contributed by atoms with E-state index in [-0.39, 0.29) is 12.0 Å². The molecule has 0 heterocycles. The van der Waals surface area contributed by atoms with Crippen molar-refractivity contribution < 1.29 is 9.47 Å². The van der Waals surface area contributed by atoms with Crippen molar-refractivity contribution in [1.82, 2.24) is 0 Å². The van der Waals surface area contributed by atoms with Gasteiger partial charge in [0.15, 0.2) is 0 Å². The lowest BCUT2D eigenvalue weighted by molar-refractivity contribution is 0.152. The van der Waals surface area contributed by atoms with Crippen LogP contribution in [0.1, 0.15) is 45.4 Å². The van der Waals surface area contributed by atoms with Gasteiger partial charge in [-0.2, -0.15) is 5.26 Å². The largest absolute Gasteiger partial charge is 0.494 e. The third-order valence-electron chi connectivity index (χ3n) is 3.70. The number of benzene rings is 1. The monoisotopic (exact) mass is 273 g/mol. The molecule has 0 bridgehead atoms. The zero-order chi connectivity index (χ0) is 14.2. The SMILES string of the molecule is CCCOc1ccc(OC2CCCCCC2C#N)cc1. The lowest BCUT2D eigenvalue weighted by atomic mass is 9.99. The molecule has 0 aromatic heterocycles. The van der Waals surface area contributed by atoms with Crippen molar-refractivity contribution in [2.75, 3.05) is 6.61 Å². The maximum atomic E-state index is 9.26. The summed E-state index contributed by atoms with van der Waals surface area (Å²) in [5.41, 5.74) is 0. The van der Waals surface area contributed by atoms with E-state index in [1.54, 1.807) is 0 Å². The highest BCUT2D eigenvalue weighted by atomic mass is 16.5. The molecule has 0 aliphatic heterocycles. The second-order valence-electron chi connectivity index (χ2n) is 5.35. The zero-order valence-electron chi connectivity index (χ0n) is 12.2. The van der Waals surface area contributed by atoms with E-state index in [4.69, 9.17) is 9.47 Å². The minimum absolute atomic E-state index is 0.0218. The topological polar surface area (TPSA) is 42.2 Å². The minimum atomic E-state index is 0.0218. The molecule has 1 fully saturated rings. The fourth-order valence-corrected chi connectivity index (χ4v) is 2.57. The maximum absolute atomic E-state index is 9.26. The summed E-state index contributed by atoms with van der Waals surface area (Å²) in [6.07, 6.45) is 6.48. The lowest BCUT2D eigenvalue weighted by Crippen LogP contribution is -2.24. The Labute approximate surface area is 121 Å². The zero-order valence-corrected chi connectivity index (χ0v) is 12.2. The van der Waals surface area contributed by atoms with Crippen LogP contribution in [0.2, 0.25) is 0 Å². The Balaban J connectivity index is 1.95. The summed E-state index contributed by atoms with van der Waals surface area (Å²) < 4.78 is 11.6. The molecular weight excluding hydrogens is 250 g/mol. The fourth-order valence-electron chi connectivity index (χ4n) is 2.57. The molecule has 0 spiro atoms. The van der Waals surface area contributed by atoms with E-state index in [1.807, 2.05) is 24.3 Å². The molecule has 0 amide bonds. The molecular formula is C17H23NO2. The van der Waals surface area contributed by atoms with Crippen LogP contribution >= 0.6 is 0 Å². The van der Waals surface area contributed by atoms with E-state index in [0.717, 1.165) is 50.2 Å². The number of nitriles is 1. The van der Waals surface area contributed by atoms with Gasteiger partial charge in [-0.25, -0.2) is 0 Å². The number of hydrogen-bond donors (Lipinski definition) is 0. The summed E-state index contributed by atoms with van der Waals surface area (Å²) in [5, 5.41) is 9.26. The molecule has 108 valence electrons.